The molecule has 2 aromatic rings. The summed E-state index contributed by atoms with van der Waals surface area (Å²) in [5, 5.41) is 6.51. The summed E-state index contributed by atoms with van der Waals surface area (Å²) in [6, 6.07) is 12.6. The Bertz CT molecular complexity index is 677. The monoisotopic (exact) mass is 334 g/mol. The van der Waals surface area contributed by atoms with E-state index >= 15 is 0 Å². The van der Waals surface area contributed by atoms with Gasteiger partial charge in [-0.2, -0.15) is 0 Å². The van der Waals surface area contributed by atoms with Crippen LogP contribution >= 0.6 is 11.6 Å². The highest BCUT2D eigenvalue weighted by atomic mass is 35.5. The number of carbonyl (C=O) groups is 1. The van der Waals surface area contributed by atoms with Gasteiger partial charge in [0.05, 0.1) is 19.9 Å². The number of hydrogen-bond acceptors (Lipinski definition) is 4. The fourth-order valence-corrected chi connectivity index (χ4v) is 2.22. The second-order valence-electron chi connectivity index (χ2n) is 4.80. The second kappa shape index (κ2) is 8.29. The SMILES string of the molecule is COc1cccc(NCCC(=O)Nc2cc(Cl)ccc2OC)c1. The van der Waals surface area contributed by atoms with Crippen molar-refractivity contribution < 1.29 is 14.3 Å². The zero-order valence-corrected chi connectivity index (χ0v) is 13.8. The highest BCUT2D eigenvalue weighted by molar-refractivity contribution is 6.31. The standard InChI is InChI=1S/C17H19ClN2O3/c1-22-14-5-3-4-13(11-14)19-9-8-17(21)20-15-10-12(18)6-7-16(15)23-2/h3-7,10-11,19H,8-9H2,1-2H3,(H,20,21). The highest BCUT2D eigenvalue weighted by Gasteiger charge is 2.08. The lowest BCUT2D eigenvalue weighted by molar-refractivity contribution is -0.115. The maximum absolute atomic E-state index is 12.0. The molecule has 0 radical (unpaired) electrons. The van der Waals surface area contributed by atoms with E-state index in [0.29, 0.717) is 29.4 Å². The Morgan fingerprint density at radius 1 is 1.13 bits per heavy atom. The van der Waals surface area contributed by atoms with Crippen LogP contribution in [0.25, 0.3) is 0 Å². The van der Waals surface area contributed by atoms with E-state index in [1.807, 2.05) is 24.3 Å². The van der Waals surface area contributed by atoms with Crippen LogP contribution in [0.1, 0.15) is 6.42 Å². The van der Waals surface area contributed by atoms with Crippen LogP contribution in [0.4, 0.5) is 11.4 Å². The number of carbonyl (C=O) groups excluding carboxylic acids is 1. The molecule has 0 unspecified atom stereocenters. The molecule has 0 atom stereocenters. The van der Waals surface area contributed by atoms with E-state index in [2.05, 4.69) is 10.6 Å². The Balaban J connectivity index is 1.87. The summed E-state index contributed by atoms with van der Waals surface area (Å²) < 4.78 is 10.3. The largest absolute Gasteiger partial charge is 0.497 e. The van der Waals surface area contributed by atoms with E-state index in [1.54, 1.807) is 32.4 Å². The van der Waals surface area contributed by atoms with Crippen molar-refractivity contribution in [3.63, 3.8) is 0 Å². The Hall–Kier alpha value is -2.40. The number of amides is 1. The molecule has 0 saturated carbocycles. The molecule has 0 aliphatic rings. The van der Waals surface area contributed by atoms with Crippen molar-refractivity contribution in [1.29, 1.82) is 0 Å². The molecule has 5 nitrogen and oxygen atoms in total. The van der Waals surface area contributed by atoms with E-state index in [4.69, 9.17) is 21.1 Å². The Labute approximate surface area is 140 Å². The van der Waals surface area contributed by atoms with E-state index in [0.717, 1.165) is 11.4 Å². The Kier molecular flexibility index (Phi) is 6.11. The van der Waals surface area contributed by atoms with Crippen molar-refractivity contribution in [2.45, 2.75) is 6.42 Å². The van der Waals surface area contributed by atoms with Crippen molar-refractivity contribution in [2.75, 3.05) is 31.4 Å². The van der Waals surface area contributed by atoms with Crippen LogP contribution in [0.15, 0.2) is 42.5 Å². The molecule has 0 aromatic heterocycles. The minimum atomic E-state index is -0.124. The minimum Gasteiger partial charge on any atom is -0.497 e. The molecule has 0 aliphatic carbocycles. The lowest BCUT2D eigenvalue weighted by Gasteiger charge is -2.11. The van der Waals surface area contributed by atoms with E-state index in [1.165, 1.54) is 0 Å². The van der Waals surface area contributed by atoms with E-state index < -0.39 is 0 Å². The van der Waals surface area contributed by atoms with Gasteiger partial charge in [0.2, 0.25) is 5.91 Å². The van der Waals surface area contributed by atoms with Crippen molar-refractivity contribution >= 4 is 28.9 Å². The molecule has 0 bridgehead atoms. The van der Waals surface area contributed by atoms with Crippen LogP contribution < -0.4 is 20.1 Å². The molecule has 2 aromatic carbocycles. The maximum Gasteiger partial charge on any atom is 0.226 e. The molecule has 6 heteroatoms. The number of halogens is 1. The van der Waals surface area contributed by atoms with Gasteiger partial charge in [0, 0.05) is 29.7 Å². The van der Waals surface area contributed by atoms with Gasteiger partial charge in [-0.25, -0.2) is 0 Å². The van der Waals surface area contributed by atoms with Crippen molar-refractivity contribution in [3.05, 3.63) is 47.5 Å². The number of methoxy groups -OCH3 is 2. The molecule has 0 aliphatic heterocycles. The first kappa shape index (κ1) is 17.0. The van der Waals surface area contributed by atoms with Gasteiger partial charge >= 0.3 is 0 Å². The summed E-state index contributed by atoms with van der Waals surface area (Å²) in [5.74, 6) is 1.22. The zero-order chi connectivity index (χ0) is 16.7. The number of benzene rings is 2. The van der Waals surface area contributed by atoms with Gasteiger partial charge in [0.15, 0.2) is 0 Å². The molecule has 0 fully saturated rings. The van der Waals surface area contributed by atoms with Crippen molar-refractivity contribution in [1.82, 2.24) is 0 Å². The van der Waals surface area contributed by atoms with Crippen LogP contribution in [0, 0.1) is 0 Å². The fraction of sp³-hybridized carbons (Fsp3) is 0.235. The number of nitrogens with one attached hydrogen (secondary N) is 2. The lowest BCUT2D eigenvalue weighted by Crippen LogP contribution is -2.16. The Morgan fingerprint density at radius 3 is 2.70 bits per heavy atom. The third kappa shape index (κ3) is 5.07. The summed E-state index contributed by atoms with van der Waals surface area (Å²) in [5.41, 5.74) is 1.46. The van der Waals surface area contributed by atoms with E-state index in [9.17, 15) is 4.79 Å². The first-order valence-electron chi connectivity index (χ1n) is 7.13. The number of ether oxygens (including phenoxy) is 2. The second-order valence-corrected chi connectivity index (χ2v) is 5.24. The average molecular weight is 335 g/mol. The predicted molar refractivity (Wildman–Crippen MR) is 92.7 cm³/mol. The number of rotatable bonds is 7. The van der Waals surface area contributed by atoms with Crippen LogP contribution in [0.2, 0.25) is 5.02 Å². The number of anilines is 2. The smallest absolute Gasteiger partial charge is 0.226 e. The third-order valence-electron chi connectivity index (χ3n) is 3.19. The van der Waals surface area contributed by atoms with Gasteiger partial charge in [-0.15, -0.1) is 0 Å². The van der Waals surface area contributed by atoms with Gasteiger partial charge in [-0.1, -0.05) is 17.7 Å². The molecule has 23 heavy (non-hydrogen) atoms. The molecule has 2 rings (SSSR count). The molecule has 0 spiro atoms. The molecule has 1 amide bonds. The summed E-state index contributed by atoms with van der Waals surface area (Å²) in [6.45, 7) is 0.502. The topological polar surface area (TPSA) is 59.6 Å². The van der Waals surface area contributed by atoms with Gasteiger partial charge < -0.3 is 20.1 Å². The normalized spacial score (nSPS) is 10.0. The fourth-order valence-electron chi connectivity index (χ4n) is 2.04. The van der Waals surface area contributed by atoms with Gasteiger partial charge in [0.1, 0.15) is 11.5 Å². The average Bonchev–Trinajstić information content (AvgIpc) is 2.55. The third-order valence-corrected chi connectivity index (χ3v) is 3.42. The quantitative estimate of drug-likeness (QED) is 0.808. The van der Waals surface area contributed by atoms with Crippen LogP contribution in [-0.2, 0) is 4.79 Å². The van der Waals surface area contributed by atoms with E-state index in [-0.39, 0.29) is 5.91 Å². The highest BCUT2D eigenvalue weighted by Crippen LogP contribution is 2.27. The van der Waals surface area contributed by atoms with Crippen LogP contribution in [-0.4, -0.2) is 26.7 Å². The minimum absolute atomic E-state index is 0.124. The van der Waals surface area contributed by atoms with Gasteiger partial charge in [0.25, 0.3) is 0 Å². The predicted octanol–water partition coefficient (Wildman–Crippen LogP) is 3.80. The molecule has 0 heterocycles. The van der Waals surface area contributed by atoms with Gasteiger partial charge in [-0.05, 0) is 30.3 Å². The lowest BCUT2D eigenvalue weighted by atomic mass is 10.2. The molecule has 122 valence electrons. The summed E-state index contributed by atoms with van der Waals surface area (Å²) >= 11 is 5.94. The first-order chi connectivity index (χ1) is 11.1. The zero-order valence-electron chi connectivity index (χ0n) is 13.1. The molecular formula is C17H19ClN2O3. The molecule has 2 N–H and O–H groups in total. The van der Waals surface area contributed by atoms with Crippen LogP contribution in [0.3, 0.4) is 0 Å². The molecule has 0 saturated heterocycles. The number of hydrogen-bond donors (Lipinski definition) is 2. The van der Waals surface area contributed by atoms with Crippen LogP contribution in [0.5, 0.6) is 11.5 Å². The Morgan fingerprint density at radius 2 is 1.96 bits per heavy atom. The summed E-state index contributed by atoms with van der Waals surface area (Å²) in [7, 11) is 3.16. The van der Waals surface area contributed by atoms with Crippen molar-refractivity contribution in [3.8, 4) is 11.5 Å². The summed E-state index contributed by atoms with van der Waals surface area (Å²) in [4.78, 5) is 12.0. The first-order valence-corrected chi connectivity index (χ1v) is 7.51. The summed E-state index contributed by atoms with van der Waals surface area (Å²) in [6.07, 6.45) is 0.312. The van der Waals surface area contributed by atoms with Crippen molar-refractivity contribution in [2.24, 2.45) is 0 Å². The van der Waals surface area contributed by atoms with Gasteiger partial charge in [-0.3, -0.25) is 4.79 Å². The molecular weight excluding hydrogens is 316 g/mol. The maximum atomic E-state index is 12.0.